The molecule has 70 valence electrons. The molecule has 0 bridgehead atoms. The van der Waals surface area contributed by atoms with Crippen molar-refractivity contribution in [1.82, 2.24) is 15.0 Å². The number of rotatable bonds is 2. The van der Waals surface area contributed by atoms with E-state index in [9.17, 15) is 4.79 Å². The van der Waals surface area contributed by atoms with Crippen LogP contribution in [-0.4, -0.2) is 21.2 Å². The number of aldehydes is 1. The third kappa shape index (κ3) is 1.52. The van der Waals surface area contributed by atoms with Crippen molar-refractivity contribution >= 4 is 17.9 Å². The van der Waals surface area contributed by atoms with Gasteiger partial charge in [-0.25, -0.2) is 4.98 Å². The zero-order valence-electron chi connectivity index (χ0n) is 7.07. The molecule has 0 amide bonds. The maximum atomic E-state index is 10.5. The summed E-state index contributed by atoms with van der Waals surface area (Å²) in [6, 6.07) is 3.61. The average molecular weight is 208 g/mol. The third-order valence-electron chi connectivity index (χ3n) is 1.74. The van der Waals surface area contributed by atoms with Crippen LogP contribution >= 0.6 is 11.6 Å². The molecule has 0 aliphatic carbocycles. The van der Waals surface area contributed by atoms with Gasteiger partial charge in [-0.15, -0.1) is 0 Å². The summed E-state index contributed by atoms with van der Waals surface area (Å²) in [6.45, 7) is 0. The molecule has 5 heteroatoms. The SMILES string of the molecule is O=Cc1[nH]c(-c2cccnc2)nc1Cl. The van der Waals surface area contributed by atoms with Crippen LogP contribution in [-0.2, 0) is 0 Å². The Labute approximate surface area is 85.0 Å². The number of imidazole rings is 1. The zero-order chi connectivity index (χ0) is 9.97. The summed E-state index contributed by atoms with van der Waals surface area (Å²) < 4.78 is 0. The molecular weight excluding hydrogens is 202 g/mol. The number of hydrogen-bond donors (Lipinski definition) is 1. The van der Waals surface area contributed by atoms with Crippen LogP contribution in [0, 0.1) is 0 Å². The van der Waals surface area contributed by atoms with E-state index in [0.29, 0.717) is 12.1 Å². The van der Waals surface area contributed by atoms with Crippen molar-refractivity contribution in [3.8, 4) is 11.4 Å². The lowest BCUT2D eigenvalue weighted by atomic mass is 10.3. The highest BCUT2D eigenvalue weighted by atomic mass is 35.5. The highest BCUT2D eigenvalue weighted by molar-refractivity contribution is 6.31. The molecule has 0 aromatic carbocycles. The summed E-state index contributed by atoms with van der Waals surface area (Å²) in [5.41, 5.74) is 1.08. The van der Waals surface area contributed by atoms with E-state index >= 15 is 0 Å². The molecule has 2 rings (SSSR count). The molecule has 0 aliphatic heterocycles. The normalized spacial score (nSPS) is 10.1. The van der Waals surface area contributed by atoms with Crippen LogP contribution < -0.4 is 0 Å². The second-order valence-electron chi connectivity index (χ2n) is 2.65. The fourth-order valence-electron chi connectivity index (χ4n) is 1.08. The second kappa shape index (κ2) is 3.59. The van der Waals surface area contributed by atoms with Crippen LogP contribution in [0.5, 0.6) is 0 Å². The number of aromatic amines is 1. The highest BCUT2D eigenvalue weighted by Crippen LogP contribution is 2.18. The van der Waals surface area contributed by atoms with Crippen LogP contribution in [0.3, 0.4) is 0 Å². The molecule has 2 heterocycles. The van der Waals surface area contributed by atoms with Gasteiger partial charge in [-0.1, -0.05) is 11.6 Å². The summed E-state index contributed by atoms with van der Waals surface area (Å²) in [7, 11) is 0. The molecule has 0 saturated heterocycles. The molecule has 0 spiro atoms. The molecule has 0 fully saturated rings. The maximum Gasteiger partial charge on any atom is 0.169 e. The number of pyridine rings is 1. The standard InChI is InChI=1S/C9H6ClN3O/c10-8-7(5-14)12-9(13-8)6-2-1-3-11-4-6/h1-5H,(H,12,13). The van der Waals surface area contributed by atoms with Gasteiger partial charge in [0, 0.05) is 18.0 Å². The molecular formula is C9H6ClN3O. The molecule has 0 unspecified atom stereocenters. The second-order valence-corrected chi connectivity index (χ2v) is 3.01. The Morgan fingerprint density at radius 1 is 1.50 bits per heavy atom. The van der Waals surface area contributed by atoms with Gasteiger partial charge in [0.15, 0.2) is 11.4 Å². The van der Waals surface area contributed by atoms with Crippen LogP contribution in [0.4, 0.5) is 0 Å². The van der Waals surface area contributed by atoms with E-state index in [1.54, 1.807) is 18.5 Å². The number of H-pyrrole nitrogens is 1. The van der Waals surface area contributed by atoms with Gasteiger partial charge in [0.2, 0.25) is 0 Å². The summed E-state index contributed by atoms with van der Waals surface area (Å²) >= 11 is 5.70. The largest absolute Gasteiger partial charge is 0.334 e. The first kappa shape index (κ1) is 8.90. The molecule has 0 atom stereocenters. The number of carbonyl (C=O) groups excluding carboxylic acids is 1. The van der Waals surface area contributed by atoms with E-state index < -0.39 is 0 Å². The Morgan fingerprint density at radius 2 is 2.36 bits per heavy atom. The molecule has 0 aliphatic rings. The predicted octanol–water partition coefficient (Wildman–Crippen LogP) is 1.94. The molecule has 0 radical (unpaired) electrons. The van der Waals surface area contributed by atoms with Gasteiger partial charge in [-0.3, -0.25) is 9.78 Å². The lowest BCUT2D eigenvalue weighted by molar-refractivity contribution is 0.111. The number of aromatic nitrogens is 3. The van der Waals surface area contributed by atoms with Crippen molar-refractivity contribution in [3.05, 3.63) is 35.4 Å². The van der Waals surface area contributed by atoms with E-state index in [1.165, 1.54) is 0 Å². The monoisotopic (exact) mass is 207 g/mol. The Bertz CT molecular complexity index is 452. The number of carbonyl (C=O) groups is 1. The first-order valence-corrected chi connectivity index (χ1v) is 4.30. The van der Waals surface area contributed by atoms with E-state index in [4.69, 9.17) is 11.6 Å². The fraction of sp³-hybridized carbons (Fsp3) is 0. The zero-order valence-corrected chi connectivity index (χ0v) is 7.82. The number of halogens is 1. The average Bonchev–Trinajstić information content (AvgIpc) is 2.61. The first-order valence-electron chi connectivity index (χ1n) is 3.92. The molecule has 4 nitrogen and oxygen atoms in total. The minimum Gasteiger partial charge on any atom is -0.334 e. The van der Waals surface area contributed by atoms with Crippen molar-refractivity contribution in [3.63, 3.8) is 0 Å². The Kier molecular flexibility index (Phi) is 2.28. The van der Waals surface area contributed by atoms with E-state index in [0.717, 1.165) is 5.56 Å². The summed E-state index contributed by atoms with van der Waals surface area (Å²) in [6.07, 6.45) is 3.94. The van der Waals surface area contributed by atoms with Gasteiger partial charge in [0.25, 0.3) is 0 Å². The predicted molar refractivity (Wildman–Crippen MR) is 52.2 cm³/mol. The fourth-order valence-corrected chi connectivity index (χ4v) is 1.26. The molecule has 2 aromatic heterocycles. The molecule has 0 saturated carbocycles. The van der Waals surface area contributed by atoms with Crippen molar-refractivity contribution in [1.29, 1.82) is 0 Å². The minimum atomic E-state index is 0.179. The van der Waals surface area contributed by atoms with Gasteiger partial charge in [-0.05, 0) is 12.1 Å². The first-order chi connectivity index (χ1) is 6.81. The van der Waals surface area contributed by atoms with Crippen molar-refractivity contribution in [2.45, 2.75) is 0 Å². The molecule has 1 N–H and O–H groups in total. The number of hydrogen-bond acceptors (Lipinski definition) is 3. The Balaban J connectivity index is 2.48. The topological polar surface area (TPSA) is 58.6 Å². The summed E-state index contributed by atoms with van der Waals surface area (Å²) in [4.78, 5) is 21.2. The molecule has 2 aromatic rings. The van der Waals surface area contributed by atoms with E-state index in [-0.39, 0.29) is 10.8 Å². The van der Waals surface area contributed by atoms with Gasteiger partial charge in [0.05, 0.1) is 0 Å². The number of nitrogens with zero attached hydrogens (tertiary/aromatic N) is 2. The van der Waals surface area contributed by atoms with Crippen LogP contribution in [0.1, 0.15) is 10.5 Å². The van der Waals surface area contributed by atoms with Crippen LogP contribution in [0.25, 0.3) is 11.4 Å². The van der Waals surface area contributed by atoms with Gasteiger partial charge < -0.3 is 4.98 Å². The van der Waals surface area contributed by atoms with Gasteiger partial charge >= 0.3 is 0 Å². The minimum absolute atomic E-state index is 0.179. The number of nitrogens with one attached hydrogen (secondary N) is 1. The third-order valence-corrected chi connectivity index (χ3v) is 2.03. The molecule has 14 heavy (non-hydrogen) atoms. The van der Waals surface area contributed by atoms with Crippen molar-refractivity contribution in [2.24, 2.45) is 0 Å². The van der Waals surface area contributed by atoms with Crippen LogP contribution in [0.2, 0.25) is 5.15 Å². The summed E-state index contributed by atoms with van der Waals surface area (Å²) in [5.74, 6) is 0.546. The lowest BCUT2D eigenvalue weighted by Crippen LogP contribution is -1.82. The van der Waals surface area contributed by atoms with E-state index in [1.807, 2.05) is 6.07 Å². The quantitative estimate of drug-likeness (QED) is 0.766. The van der Waals surface area contributed by atoms with Crippen LogP contribution in [0.15, 0.2) is 24.5 Å². The van der Waals surface area contributed by atoms with Gasteiger partial charge in [0.1, 0.15) is 11.5 Å². The Hall–Kier alpha value is -1.68. The van der Waals surface area contributed by atoms with Crippen molar-refractivity contribution in [2.75, 3.05) is 0 Å². The Morgan fingerprint density at radius 3 is 2.93 bits per heavy atom. The van der Waals surface area contributed by atoms with E-state index in [2.05, 4.69) is 15.0 Å². The smallest absolute Gasteiger partial charge is 0.169 e. The highest BCUT2D eigenvalue weighted by Gasteiger charge is 2.08. The maximum absolute atomic E-state index is 10.5. The van der Waals surface area contributed by atoms with Gasteiger partial charge in [-0.2, -0.15) is 0 Å². The lowest BCUT2D eigenvalue weighted by Gasteiger charge is -1.92. The van der Waals surface area contributed by atoms with Crippen molar-refractivity contribution < 1.29 is 4.79 Å². The summed E-state index contributed by atoms with van der Waals surface area (Å²) in [5, 5.41) is 0.179.